The Bertz CT molecular complexity index is 426. The predicted molar refractivity (Wildman–Crippen MR) is 82.9 cm³/mol. The van der Waals surface area contributed by atoms with Crippen LogP contribution in [0.2, 0.25) is 0 Å². The first-order chi connectivity index (χ1) is 9.72. The molecule has 1 atom stereocenters. The van der Waals surface area contributed by atoms with Gasteiger partial charge in [0, 0.05) is 44.3 Å². The highest BCUT2D eigenvalue weighted by molar-refractivity contribution is 5.78. The number of amides is 1. The van der Waals surface area contributed by atoms with E-state index in [0.29, 0.717) is 12.5 Å². The summed E-state index contributed by atoms with van der Waals surface area (Å²) in [5.74, 6) is 0.181. The van der Waals surface area contributed by atoms with E-state index in [1.807, 2.05) is 0 Å². The molecule has 1 aliphatic rings. The molecule has 20 heavy (non-hydrogen) atoms. The standard InChI is InChI=1S/C16H25N3O/c1-3-19(4-2)15-8-5-13(6-9-15)11-17-12-14-7-10-16(20)18-14/h5-6,8-9,14,17H,3-4,7,10-12H2,1-2H3,(H,18,20). The van der Waals surface area contributed by atoms with Crippen molar-refractivity contribution in [3.63, 3.8) is 0 Å². The number of hydrogen-bond acceptors (Lipinski definition) is 3. The Balaban J connectivity index is 1.77. The maximum Gasteiger partial charge on any atom is 0.220 e. The van der Waals surface area contributed by atoms with Crippen LogP contribution in [0.15, 0.2) is 24.3 Å². The maximum atomic E-state index is 11.1. The van der Waals surface area contributed by atoms with Crippen LogP contribution in [0.1, 0.15) is 32.3 Å². The second-order valence-electron chi connectivity index (χ2n) is 5.27. The first-order valence-corrected chi connectivity index (χ1v) is 7.57. The van der Waals surface area contributed by atoms with Gasteiger partial charge in [-0.3, -0.25) is 4.79 Å². The lowest BCUT2D eigenvalue weighted by Gasteiger charge is -2.21. The Morgan fingerprint density at radius 1 is 1.25 bits per heavy atom. The largest absolute Gasteiger partial charge is 0.372 e. The summed E-state index contributed by atoms with van der Waals surface area (Å²) in [6, 6.07) is 9.02. The maximum absolute atomic E-state index is 11.1. The molecule has 1 unspecified atom stereocenters. The van der Waals surface area contributed by atoms with Crippen LogP contribution in [-0.2, 0) is 11.3 Å². The molecule has 1 saturated heterocycles. The topological polar surface area (TPSA) is 44.4 Å². The molecule has 0 aromatic heterocycles. The van der Waals surface area contributed by atoms with Gasteiger partial charge in [-0.1, -0.05) is 12.1 Å². The number of carbonyl (C=O) groups is 1. The zero-order valence-electron chi connectivity index (χ0n) is 12.5. The van der Waals surface area contributed by atoms with Crippen molar-refractivity contribution in [3.8, 4) is 0 Å². The molecule has 0 saturated carbocycles. The van der Waals surface area contributed by atoms with E-state index in [0.717, 1.165) is 32.6 Å². The van der Waals surface area contributed by atoms with E-state index in [1.54, 1.807) is 0 Å². The molecule has 110 valence electrons. The number of carbonyl (C=O) groups excluding carboxylic acids is 1. The van der Waals surface area contributed by atoms with E-state index in [1.165, 1.54) is 11.3 Å². The molecule has 1 fully saturated rings. The van der Waals surface area contributed by atoms with Crippen molar-refractivity contribution in [2.75, 3.05) is 24.5 Å². The molecule has 4 heteroatoms. The zero-order valence-corrected chi connectivity index (χ0v) is 12.5. The monoisotopic (exact) mass is 275 g/mol. The van der Waals surface area contributed by atoms with Gasteiger partial charge in [-0.25, -0.2) is 0 Å². The first kappa shape index (κ1) is 14.9. The van der Waals surface area contributed by atoms with Gasteiger partial charge in [0.05, 0.1) is 0 Å². The Labute approximate surface area is 121 Å². The van der Waals surface area contributed by atoms with Crippen LogP contribution in [0.5, 0.6) is 0 Å². The average Bonchev–Trinajstić information content (AvgIpc) is 2.87. The number of nitrogens with one attached hydrogen (secondary N) is 2. The third kappa shape index (κ3) is 3.97. The van der Waals surface area contributed by atoms with Gasteiger partial charge in [0.1, 0.15) is 0 Å². The molecule has 0 radical (unpaired) electrons. The van der Waals surface area contributed by atoms with Crippen LogP contribution in [-0.4, -0.2) is 31.6 Å². The van der Waals surface area contributed by atoms with Gasteiger partial charge in [-0.05, 0) is 38.0 Å². The molecule has 0 bridgehead atoms. The van der Waals surface area contributed by atoms with Crippen LogP contribution in [0.3, 0.4) is 0 Å². The summed E-state index contributed by atoms with van der Waals surface area (Å²) in [6.07, 6.45) is 1.62. The number of benzene rings is 1. The Morgan fingerprint density at radius 3 is 2.50 bits per heavy atom. The third-order valence-electron chi connectivity index (χ3n) is 3.87. The van der Waals surface area contributed by atoms with Crippen molar-refractivity contribution in [3.05, 3.63) is 29.8 Å². The fraction of sp³-hybridized carbons (Fsp3) is 0.562. The molecule has 4 nitrogen and oxygen atoms in total. The molecule has 1 aromatic rings. The summed E-state index contributed by atoms with van der Waals surface area (Å²) in [5.41, 5.74) is 2.56. The highest BCUT2D eigenvalue weighted by Crippen LogP contribution is 2.14. The lowest BCUT2D eigenvalue weighted by Crippen LogP contribution is -2.35. The number of anilines is 1. The van der Waals surface area contributed by atoms with Crippen LogP contribution in [0.4, 0.5) is 5.69 Å². The van der Waals surface area contributed by atoms with Crippen molar-refractivity contribution in [1.82, 2.24) is 10.6 Å². The highest BCUT2D eigenvalue weighted by Gasteiger charge is 2.19. The molecule has 2 N–H and O–H groups in total. The van der Waals surface area contributed by atoms with Gasteiger partial charge < -0.3 is 15.5 Å². The van der Waals surface area contributed by atoms with Crippen LogP contribution >= 0.6 is 0 Å². The highest BCUT2D eigenvalue weighted by atomic mass is 16.1. The Morgan fingerprint density at radius 2 is 1.95 bits per heavy atom. The Kier molecular flexibility index (Phi) is 5.41. The van der Waals surface area contributed by atoms with Crippen molar-refractivity contribution in [2.24, 2.45) is 0 Å². The van der Waals surface area contributed by atoms with Crippen molar-refractivity contribution in [1.29, 1.82) is 0 Å². The van der Waals surface area contributed by atoms with Gasteiger partial charge in [0.15, 0.2) is 0 Å². The van der Waals surface area contributed by atoms with Gasteiger partial charge in [0.25, 0.3) is 0 Å². The van der Waals surface area contributed by atoms with Gasteiger partial charge in [0.2, 0.25) is 5.91 Å². The van der Waals surface area contributed by atoms with Gasteiger partial charge in [-0.15, -0.1) is 0 Å². The summed E-state index contributed by atoms with van der Waals surface area (Å²) in [6.45, 7) is 8.13. The first-order valence-electron chi connectivity index (χ1n) is 7.57. The fourth-order valence-corrected chi connectivity index (χ4v) is 2.63. The molecule has 2 rings (SSSR count). The number of rotatable bonds is 7. The fourth-order valence-electron chi connectivity index (χ4n) is 2.63. The normalized spacial score (nSPS) is 18.1. The second kappa shape index (κ2) is 7.29. The summed E-state index contributed by atoms with van der Waals surface area (Å²) < 4.78 is 0. The van der Waals surface area contributed by atoms with E-state index >= 15 is 0 Å². The summed E-state index contributed by atoms with van der Waals surface area (Å²) >= 11 is 0. The van der Waals surface area contributed by atoms with E-state index in [9.17, 15) is 4.79 Å². The number of nitrogens with zero attached hydrogens (tertiary/aromatic N) is 1. The summed E-state index contributed by atoms with van der Waals surface area (Å²) in [7, 11) is 0. The van der Waals surface area contributed by atoms with E-state index in [2.05, 4.69) is 53.6 Å². The minimum atomic E-state index is 0.181. The van der Waals surface area contributed by atoms with Crippen LogP contribution in [0.25, 0.3) is 0 Å². The summed E-state index contributed by atoms with van der Waals surface area (Å²) in [5, 5.41) is 6.38. The SMILES string of the molecule is CCN(CC)c1ccc(CNCC2CCC(=O)N2)cc1. The lowest BCUT2D eigenvalue weighted by atomic mass is 10.2. The predicted octanol–water partition coefficient (Wildman–Crippen LogP) is 1.90. The quantitative estimate of drug-likeness (QED) is 0.799. The van der Waals surface area contributed by atoms with E-state index in [4.69, 9.17) is 0 Å². The van der Waals surface area contributed by atoms with Crippen LogP contribution in [0, 0.1) is 0 Å². The van der Waals surface area contributed by atoms with Gasteiger partial charge in [-0.2, -0.15) is 0 Å². The Hall–Kier alpha value is -1.55. The second-order valence-corrected chi connectivity index (χ2v) is 5.27. The average molecular weight is 275 g/mol. The summed E-state index contributed by atoms with van der Waals surface area (Å²) in [4.78, 5) is 13.4. The molecular formula is C16H25N3O. The van der Waals surface area contributed by atoms with Crippen molar-refractivity contribution < 1.29 is 4.79 Å². The van der Waals surface area contributed by atoms with Crippen LogP contribution < -0.4 is 15.5 Å². The van der Waals surface area contributed by atoms with Crippen molar-refractivity contribution in [2.45, 2.75) is 39.3 Å². The molecule has 1 aromatic carbocycles. The molecule has 0 spiro atoms. The molecule has 1 heterocycles. The smallest absolute Gasteiger partial charge is 0.220 e. The van der Waals surface area contributed by atoms with E-state index < -0.39 is 0 Å². The number of hydrogen-bond donors (Lipinski definition) is 2. The van der Waals surface area contributed by atoms with E-state index in [-0.39, 0.29) is 5.91 Å². The molecule has 0 aliphatic carbocycles. The zero-order chi connectivity index (χ0) is 14.4. The third-order valence-corrected chi connectivity index (χ3v) is 3.87. The van der Waals surface area contributed by atoms with Crippen molar-refractivity contribution >= 4 is 11.6 Å². The molecular weight excluding hydrogens is 250 g/mol. The minimum Gasteiger partial charge on any atom is -0.372 e. The lowest BCUT2D eigenvalue weighted by molar-refractivity contribution is -0.119. The molecule has 1 aliphatic heterocycles. The molecule has 1 amide bonds. The minimum absolute atomic E-state index is 0.181. The van der Waals surface area contributed by atoms with Gasteiger partial charge >= 0.3 is 0 Å².